The number of likely N-dealkylation sites (tertiary alicyclic amines) is 1. The number of H-pyrrole nitrogens is 1. The van der Waals surface area contributed by atoms with Gasteiger partial charge in [-0.2, -0.15) is 0 Å². The number of ether oxygens (including phenoxy) is 2. The van der Waals surface area contributed by atoms with Gasteiger partial charge in [0, 0.05) is 25.1 Å². The van der Waals surface area contributed by atoms with Crippen LogP contribution in [0.15, 0.2) is 29.1 Å². The molecule has 2 aliphatic heterocycles. The van der Waals surface area contributed by atoms with Gasteiger partial charge in [-0.3, -0.25) is 4.79 Å². The van der Waals surface area contributed by atoms with E-state index in [9.17, 15) is 4.79 Å². The highest BCUT2D eigenvalue weighted by Crippen LogP contribution is 2.33. The summed E-state index contributed by atoms with van der Waals surface area (Å²) in [7, 11) is 0. The first-order valence-electron chi connectivity index (χ1n) is 9.25. The zero-order chi connectivity index (χ0) is 18.1. The predicted molar refractivity (Wildman–Crippen MR) is 98.8 cm³/mol. The monoisotopic (exact) mass is 355 g/mol. The molecule has 0 aliphatic carbocycles. The summed E-state index contributed by atoms with van der Waals surface area (Å²) in [5.41, 5.74) is 2.16. The summed E-state index contributed by atoms with van der Waals surface area (Å²) >= 11 is 0. The number of benzene rings is 1. The van der Waals surface area contributed by atoms with Gasteiger partial charge in [0.15, 0.2) is 11.5 Å². The number of aromatic nitrogens is 2. The summed E-state index contributed by atoms with van der Waals surface area (Å²) in [5, 5.41) is 0. The van der Waals surface area contributed by atoms with Gasteiger partial charge in [0.25, 0.3) is 5.56 Å². The van der Waals surface area contributed by atoms with Gasteiger partial charge in [-0.1, -0.05) is 13.0 Å². The van der Waals surface area contributed by atoms with Gasteiger partial charge in [0.1, 0.15) is 5.82 Å². The molecule has 26 heavy (non-hydrogen) atoms. The minimum atomic E-state index is -0.0536. The molecule has 6 heteroatoms. The molecule has 1 aromatic carbocycles. The molecule has 0 unspecified atom stereocenters. The van der Waals surface area contributed by atoms with Crippen molar-refractivity contribution < 1.29 is 9.47 Å². The van der Waals surface area contributed by atoms with Crippen molar-refractivity contribution in [3.05, 3.63) is 51.7 Å². The van der Waals surface area contributed by atoms with Crippen molar-refractivity contribution in [2.45, 2.75) is 32.6 Å². The number of rotatable bonds is 5. The number of aryl methyl sites for hydroxylation is 1. The van der Waals surface area contributed by atoms with Crippen molar-refractivity contribution in [3.8, 4) is 11.5 Å². The van der Waals surface area contributed by atoms with Crippen LogP contribution in [0.4, 0.5) is 0 Å². The average molecular weight is 355 g/mol. The van der Waals surface area contributed by atoms with Crippen LogP contribution >= 0.6 is 0 Å². The van der Waals surface area contributed by atoms with Crippen LogP contribution in [0.25, 0.3) is 0 Å². The molecule has 2 atom stereocenters. The van der Waals surface area contributed by atoms with Gasteiger partial charge in [0.05, 0.1) is 5.69 Å². The van der Waals surface area contributed by atoms with E-state index in [1.54, 1.807) is 6.07 Å². The fraction of sp³-hybridized carbons (Fsp3) is 0.500. The number of aromatic amines is 1. The number of nitrogens with one attached hydrogen (secondary N) is 1. The van der Waals surface area contributed by atoms with Crippen molar-refractivity contribution in [1.29, 1.82) is 0 Å². The van der Waals surface area contributed by atoms with E-state index in [1.165, 1.54) is 5.56 Å². The molecule has 2 aromatic rings. The number of hydrogen-bond acceptors (Lipinski definition) is 5. The molecular weight excluding hydrogens is 330 g/mol. The summed E-state index contributed by atoms with van der Waals surface area (Å²) in [5.74, 6) is 3.29. The van der Waals surface area contributed by atoms with Crippen molar-refractivity contribution in [3.63, 3.8) is 0 Å². The smallest absolute Gasteiger partial charge is 0.251 e. The Hall–Kier alpha value is -2.34. The highest BCUT2D eigenvalue weighted by atomic mass is 16.7. The molecule has 6 nitrogen and oxygen atoms in total. The molecule has 3 heterocycles. The minimum absolute atomic E-state index is 0.0536. The first-order chi connectivity index (χ1) is 12.6. The summed E-state index contributed by atoms with van der Waals surface area (Å²) < 4.78 is 10.8. The second-order valence-corrected chi connectivity index (χ2v) is 7.50. The van der Waals surface area contributed by atoms with Crippen LogP contribution in [0.1, 0.15) is 36.3 Å². The summed E-state index contributed by atoms with van der Waals surface area (Å²) in [6, 6.07) is 7.86. The Morgan fingerprint density at radius 3 is 3.00 bits per heavy atom. The third-order valence-corrected chi connectivity index (χ3v) is 5.16. The maximum absolute atomic E-state index is 11.7. The molecule has 0 bridgehead atoms. The van der Waals surface area contributed by atoms with Gasteiger partial charge < -0.3 is 19.4 Å². The summed E-state index contributed by atoms with van der Waals surface area (Å²) in [6.45, 7) is 7.52. The Bertz CT molecular complexity index is 848. The topological polar surface area (TPSA) is 67.5 Å². The number of hydrogen-bond donors (Lipinski definition) is 1. The molecule has 0 amide bonds. The number of fused-ring (bicyclic) bond motifs is 1. The maximum atomic E-state index is 11.7. The predicted octanol–water partition coefficient (Wildman–Crippen LogP) is 2.48. The van der Waals surface area contributed by atoms with Gasteiger partial charge in [-0.15, -0.1) is 0 Å². The van der Waals surface area contributed by atoms with Crippen molar-refractivity contribution in [2.24, 2.45) is 5.92 Å². The molecule has 0 saturated carbocycles. The largest absolute Gasteiger partial charge is 0.454 e. The Balaban J connectivity index is 1.34. The van der Waals surface area contributed by atoms with E-state index in [1.807, 2.05) is 13.0 Å². The Labute approximate surface area is 153 Å². The second kappa shape index (κ2) is 7.11. The standard InChI is InChI=1S/C20H25N3O3/c1-13(7-15-3-4-18-19(8-15)26-12-25-18)10-23-6-5-16(11-23)17-9-20(24)22-14(2)21-17/h3-4,8-9,13,16H,5-7,10-12H2,1-2H3,(H,21,22,24)/t13-,16-/m1/s1. The van der Waals surface area contributed by atoms with Crippen LogP contribution < -0.4 is 15.0 Å². The van der Waals surface area contributed by atoms with E-state index < -0.39 is 0 Å². The average Bonchev–Trinajstić information content (AvgIpc) is 3.22. The normalized spacial score (nSPS) is 20.5. The Morgan fingerprint density at radius 2 is 2.15 bits per heavy atom. The second-order valence-electron chi connectivity index (χ2n) is 7.50. The molecule has 2 aliphatic rings. The molecule has 138 valence electrons. The van der Waals surface area contributed by atoms with Gasteiger partial charge in [-0.25, -0.2) is 4.98 Å². The third kappa shape index (κ3) is 3.75. The maximum Gasteiger partial charge on any atom is 0.251 e. The van der Waals surface area contributed by atoms with Gasteiger partial charge >= 0.3 is 0 Å². The lowest BCUT2D eigenvalue weighted by Gasteiger charge is -2.21. The van der Waals surface area contributed by atoms with Gasteiger partial charge in [0.2, 0.25) is 6.79 Å². The number of nitrogens with zero attached hydrogens (tertiary/aromatic N) is 2. The molecule has 1 saturated heterocycles. The molecule has 1 N–H and O–H groups in total. The van der Waals surface area contributed by atoms with Crippen LogP contribution in [0.5, 0.6) is 11.5 Å². The summed E-state index contributed by atoms with van der Waals surface area (Å²) in [6.07, 6.45) is 2.08. The van der Waals surface area contributed by atoms with Crippen LogP contribution in [0.3, 0.4) is 0 Å². The van der Waals surface area contributed by atoms with Crippen LogP contribution in [0, 0.1) is 12.8 Å². The van der Waals surface area contributed by atoms with E-state index in [-0.39, 0.29) is 5.56 Å². The fourth-order valence-electron chi connectivity index (χ4n) is 4.03. The highest BCUT2D eigenvalue weighted by Gasteiger charge is 2.26. The van der Waals surface area contributed by atoms with E-state index >= 15 is 0 Å². The van der Waals surface area contributed by atoms with E-state index in [0.29, 0.717) is 24.5 Å². The zero-order valence-corrected chi connectivity index (χ0v) is 15.3. The van der Waals surface area contributed by atoms with Crippen molar-refractivity contribution in [1.82, 2.24) is 14.9 Å². The van der Waals surface area contributed by atoms with Crippen LogP contribution in [-0.4, -0.2) is 41.3 Å². The lowest BCUT2D eigenvalue weighted by atomic mass is 10.00. The first kappa shape index (κ1) is 17.1. The Kier molecular flexibility index (Phi) is 4.68. The van der Waals surface area contributed by atoms with Crippen LogP contribution in [0.2, 0.25) is 0 Å². The van der Waals surface area contributed by atoms with E-state index in [4.69, 9.17) is 9.47 Å². The van der Waals surface area contributed by atoms with Crippen molar-refractivity contribution in [2.75, 3.05) is 26.4 Å². The molecular formula is C20H25N3O3. The molecule has 0 radical (unpaired) electrons. The van der Waals surface area contributed by atoms with Gasteiger partial charge in [-0.05, 0) is 49.9 Å². The third-order valence-electron chi connectivity index (χ3n) is 5.16. The van der Waals surface area contributed by atoms with Crippen molar-refractivity contribution >= 4 is 0 Å². The van der Waals surface area contributed by atoms with E-state index in [2.05, 4.69) is 33.9 Å². The Morgan fingerprint density at radius 1 is 1.31 bits per heavy atom. The minimum Gasteiger partial charge on any atom is -0.454 e. The molecule has 0 spiro atoms. The first-order valence-corrected chi connectivity index (χ1v) is 9.25. The molecule has 1 aromatic heterocycles. The quantitative estimate of drug-likeness (QED) is 0.892. The molecule has 4 rings (SSSR count). The zero-order valence-electron chi connectivity index (χ0n) is 15.3. The molecule has 1 fully saturated rings. The van der Waals surface area contributed by atoms with Crippen LogP contribution in [-0.2, 0) is 6.42 Å². The summed E-state index contributed by atoms with van der Waals surface area (Å²) in [4.78, 5) is 21.4. The highest BCUT2D eigenvalue weighted by molar-refractivity contribution is 5.44. The fourth-order valence-corrected chi connectivity index (χ4v) is 4.03. The van der Waals surface area contributed by atoms with E-state index in [0.717, 1.165) is 49.7 Å². The SMILES string of the molecule is Cc1nc([C@@H]2CCN(C[C@H](C)Cc3ccc4c(c3)OCO4)C2)cc(=O)[nH]1. The lowest BCUT2D eigenvalue weighted by Crippen LogP contribution is -2.27. The lowest BCUT2D eigenvalue weighted by molar-refractivity contribution is 0.174.